The molecule has 1 atom stereocenters. The van der Waals surface area contributed by atoms with E-state index in [2.05, 4.69) is 0 Å². The van der Waals surface area contributed by atoms with E-state index in [1.54, 1.807) is 0 Å². The van der Waals surface area contributed by atoms with Gasteiger partial charge in [0.05, 0.1) is 12.7 Å². The van der Waals surface area contributed by atoms with Crippen LogP contribution in [0.2, 0.25) is 0 Å². The van der Waals surface area contributed by atoms with Crippen molar-refractivity contribution in [2.45, 2.75) is 12.5 Å². The lowest BCUT2D eigenvalue weighted by Crippen LogP contribution is -2.06. The van der Waals surface area contributed by atoms with Crippen LogP contribution in [0.1, 0.15) is 6.42 Å². The molecule has 1 rings (SSSR count). The normalized spacial score (nSPS) is 22.0. The van der Waals surface area contributed by atoms with Gasteiger partial charge in [-0.15, -0.1) is 0 Å². The minimum Gasteiger partial charge on any atom is -0.478 e. The van der Waals surface area contributed by atoms with Crippen molar-refractivity contribution in [3.8, 4) is 0 Å². The van der Waals surface area contributed by atoms with Crippen molar-refractivity contribution in [2.75, 3.05) is 6.61 Å². The summed E-state index contributed by atoms with van der Waals surface area (Å²) in [5.41, 5.74) is -0.120. The summed E-state index contributed by atoms with van der Waals surface area (Å²) in [4.78, 5) is 20.5. The highest BCUT2D eigenvalue weighted by atomic mass is 16.6. The molecule has 0 bridgehead atoms. The van der Waals surface area contributed by atoms with E-state index >= 15 is 0 Å². The maximum absolute atomic E-state index is 10.4. The van der Waals surface area contributed by atoms with Crippen molar-refractivity contribution in [1.82, 2.24) is 0 Å². The molecule has 0 aliphatic carbocycles. The maximum atomic E-state index is 10.4. The average Bonchev–Trinajstić information content (AvgIpc) is 2.68. The van der Waals surface area contributed by atoms with Gasteiger partial charge in [-0.25, -0.2) is 9.59 Å². The molecule has 66 valence electrons. The number of epoxide rings is 1. The summed E-state index contributed by atoms with van der Waals surface area (Å²) in [6, 6.07) is 0. The van der Waals surface area contributed by atoms with Gasteiger partial charge in [-0.1, -0.05) is 0 Å². The quantitative estimate of drug-likeness (QED) is 0.455. The molecule has 1 fully saturated rings. The fourth-order valence-electron chi connectivity index (χ4n) is 0.788. The largest absolute Gasteiger partial charge is 0.478 e. The first-order valence-corrected chi connectivity index (χ1v) is 3.38. The van der Waals surface area contributed by atoms with Gasteiger partial charge in [0.15, 0.2) is 0 Å². The fourth-order valence-corrected chi connectivity index (χ4v) is 0.788. The topological polar surface area (TPSA) is 87.1 Å². The van der Waals surface area contributed by atoms with Crippen LogP contribution in [0, 0.1) is 0 Å². The Kier molecular flexibility index (Phi) is 2.44. The average molecular weight is 172 g/mol. The third-order valence-corrected chi connectivity index (χ3v) is 1.42. The Morgan fingerprint density at radius 1 is 1.50 bits per heavy atom. The van der Waals surface area contributed by atoms with E-state index < -0.39 is 11.9 Å². The smallest absolute Gasteiger partial charge is 0.331 e. The molecule has 0 amide bonds. The number of rotatable bonds is 4. The zero-order valence-electron chi connectivity index (χ0n) is 6.19. The number of carboxylic acids is 2. The van der Waals surface area contributed by atoms with E-state index in [0.29, 0.717) is 12.7 Å². The van der Waals surface area contributed by atoms with Gasteiger partial charge in [-0.05, 0) is 0 Å². The number of hydrogen-bond donors (Lipinski definition) is 2. The third-order valence-electron chi connectivity index (χ3n) is 1.42. The van der Waals surface area contributed by atoms with E-state index in [4.69, 9.17) is 14.9 Å². The highest BCUT2D eigenvalue weighted by Gasteiger charge is 2.26. The van der Waals surface area contributed by atoms with E-state index in [9.17, 15) is 9.59 Å². The predicted molar refractivity (Wildman–Crippen MR) is 37.7 cm³/mol. The van der Waals surface area contributed by atoms with Crippen LogP contribution in [0.25, 0.3) is 0 Å². The highest BCUT2D eigenvalue weighted by Crippen LogP contribution is 2.18. The highest BCUT2D eigenvalue weighted by molar-refractivity contribution is 5.94. The Balaban J connectivity index is 2.58. The van der Waals surface area contributed by atoms with E-state index in [1.807, 2.05) is 0 Å². The van der Waals surface area contributed by atoms with Gasteiger partial charge < -0.3 is 14.9 Å². The molecule has 0 radical (unpaired) electrons. The van der Waals surface area contributed by atoms with E-state index in [0.717, 1.165) is 0 Å². The van der Waals surface area contributed by atoms with Crippen LogP contribution in [0.5, 0.6) is 0 Å². The summed E-state index contributed by atoms with van der Waals surface area (Å²) in [6.07, 6.45) is 0.762. The van der Waals surface area contributed by atoms with Crippen molar-refractivity contribution >= 4 is 11.9 Å². The van der Waals surface area contributed by atoms with Crippen molar-refractivity contribution in [3.63, 3.8) is 0 Å². The lowest BCUT2D eigenvalue weighted by Gasteiger charge is -1.95. The molecule has 1 aliphatic heterocycles. The summed E-state index contributed by atoms with van der Waals surface area (Å²) in [5.74, 6) is -2.44. The predicted octanol–water partition coefficient (Wildman–Crippen LogP) is -0.129. The third kappa shape index (κ3) is 2.71. The van der Waals surface area contributed by atoms with Crippen molar-refractivity contribution in [2.24, 2.45) is 0 Å². The van der Waals surface area contributed by atoms with Crippen LogP contribution in [-0.4, -0.2) is 34.9 Å². The zero-order chi connectivity index (χ0) is 9.14. The monoisotopic (exact) mass is 172 g/mol. The molecular formula is C7H8O5. The van der Waals surface area contributed by atoms with Crippen LogP contribution in [0.15, 0.2) is 11.6 Å². The number of ether oxygens (including phenoxy) is 1. The molecule has 12 heavy (non-hydrogen) atoms. The second kappa shape index (κ2) is 3.36. The molecule has 1 aliphatic rings. The maximum Gasteiger partial charge on any atom is 0.331 e. The van der Waals surface area contributed by atoms with Crippen LogP contribution in [-0.2, 0) is 14.3 Å². The minimum absolute atomic E-state index is 0.105. The number of carbonyl (C=O) groups is 2. The lowest BCUT2D eigenvalue weighted by molar-refractivity contribution is -0.135. The molecule has 0 spiro atoms. The summed E-state index contributed by atoms with van der Waals surface area (Å²) < 4.78 is 4.77. The van der Waals surface area contributed by atoms with Gasteiger partial charge in [0.1, 0.15) is 0 Å². The van der Waals surface area contributed by atoms with E-state index in [1.165, 1.54) is 0 Å². The number of aliphatic carboxylic acids is 2. The van der Waals surface area contributed by atoms with E-state index in [-0.39, 0.29) is 18.1 Å². The van der Waals surface area contributed by atoms with Crippen LogP contribution >= 0.6 is 0 Å². The molecule has 1 unspecified atom stereocenters. The van der Waals surface area contributed by atoms with Crippen LogP contribution in [0.3, 0.4) is 0 Å². The Labute approximate surface area is 68.3 Å². The van der Waals surface area contributed by atoms with Gasteiger partial charge in [-0.2, -0.15) is 0 Å². The van der Waals surface area contributed by atoms with Gasteiger partial charge in [0.2, 0.25) is 0 Å². The second-order valence-corrected chi connectivity index (χ2v) is 2.47. The minimum atomic E-state index is -1.24. The lowest BCUT2D eigenvalue weighted by atomic mass is 10.1. The molecule has 5 nitrogen and oxygen atoms in total. The molecule has 2 N–H and O–H groups in total. The molecule has 0 aromatic heterocycles. The van der Waals surface area contributed by atoms with Crippen molar-refractivity contribution in [3.05, 3.63) is 11.6 Å². The van der Waals surface area contributed by atoms with Gasteiger partial charge in [-0.3, -0.25) is 0 Å². The summed E-state index contributed by atoms with van der Waals surface area (Å²) >= 11 is 0. The Hall–Kier alpha value is -1.36. The molecule has 0 aromatic carbocycles. The van der Waals surface area contributed by atoms with Crippen molar-refractivity contribution < 1.29 is 24.5 Å². The Bertz CT molecular complexity index is 238. The van der Waals surface area contributed by atoms with Gasteiger partial charge in [0.25, 0.3) is 0 Å². The van der Waals surface area contributed by atoms with Crippen LogP contribution < -0.4 is 0 Å². The first-order chi connectivity index (χ1) is 5.59. The zero-order valence-corrected chi connectivity index (χ0v) is 6.19. The van der Waals surface area contributed by atoms with Crippen LogP contribution in [0.4, 0.5) is 0 Å². The first-order valence-electron chi connectivity index (χ1n) is 3.38. The molecular weight excluding hydrogens is 164 g/mol. The Morgan fingerprint density at radius 3 is 2.42 bits per heavy atom. The molecule has 1 saturated heterocycles. The molecule has 5 heteroatoms. The summed E-state index contributed by atoms with van der Waals surface area (Å²) in [7, 11) is 0. The van der Waals surface area contributed by atoms with Crippen molar-refractivity contribution in [1.29, 1.82) is 0 Å². The second-order valence-electron chi connectivity index (χ2n) is 2.47. The number of carboxylic acid groups (broad SMARTS) is 2. The molecule has 0 saturated carbocycles. The van der Waals surface area contributed by atoms with Gasteiger partial charge >= 0.3 is 11.9 Å². The summed E-state index contributed by atoms with van der Waals surface area (Å²) in [5, 5.41) is 16.8. The van der Waals surface area contributed by atoms with Gasteiger partial charge in [0, 0.05) is 18.1 Å². The first kappa shape index (κ1) is 8.73. The fraction of sp³-hybridized carbons (Fsp3) is 0.429. The Morgan fingerprint density at radius 2 is 2.08 bits per heavy atom. The standard InChI is InChI=1S/C7H8O5/c8-6(9)2-4(7(10)11)1-5-3-12-5/h2,5H,1,3H2,(H,8,9)(H,10,11)/b4-2+. The SMILES string of the molecule is O=C(O)/C=C(\CC1CO1)C(=O)O. The summed E-state index contributed by atoms with van der Waals surface area (Å²) in [6.45, 7) is 0.518. The molecule has 1 heterocycles. The molecule has 0 aromatic rings. The number of hydrogen-bond acceptors (Lipinski definition) is 3.